The molecule has 0 aliphatic carbocycles. The Bertz CT molecular complexity index is 3500. The van der Waals surface area contributed by atoms with Gasteiger partial charge in [0.2, 0.25) is 5.95 Å². The molecule has 57 heavy (non-hydrogen) atoms. The Morgan fingerprint density at radius 2 is 0.719 bits per heavy atom. The van der Waals surface area contributed by atoms with Gasteiger partial charge in [-0.15, -0.1) is 0 Å². The summed E-state index contributed by atoms with van der Waals surface area (Å²) in [4.78, 5) is 11.0. The fourth-order valence-corrected chi connectivity index (χ4v) is 8.98. The fourth-order valence-electron chi connectivity index (χ4n) is 8.98. The van der Waals surface area contributed by atoms with Crippen LogP contribution in [0.1, 0.15) is 0 Å². The normalized spacial score (nSPS) is 11.9. The maximum absolute atomic E-state index is 5.52. The lowest BCUT2D eigenvalue weighted by Crippen LogP contribution is -2.05. The molecular formula is C52H33N5. The lowest BCUT2D eigenvalue weighted by atomic mass is 10.0. The van der Waals surface area contributed by atoms with Gasteiger partial charge in [-0.25, -0.2) is 9.97 Å². The molecule has 0 fully saturated rings. The molecule has 12 aromatic rings. The van der Waals surface area contributed by atoms with Crippen molar-refractivity contribution >= 4 is 65.4 Å². The second-order valence-corrected chi connectivity index (χ2v) is 14.6. The van der Waals surface area contributed by atoms with Gasteiger partial charge in [-0.2, -0.15) is 0 Å². The van der Waals surface area contributed by atoms with Gasteiger partial charge in [0.05, 0.1) is 44.5 Å². The molecule has 0 atom stereocenters. The minimum absolute atomic E-state index is 0.627. The van der Waals surface area contributed by atoms with Crippen LogP contribution in [0, 0.1) is 0 Å². The molecule has 5 heteroatoms. The number of fused-ring (bicyclic) bond motifs is 10. The molecule has 0 saturated heterocycles. The minimum Gasteiger partial charge on any atom is -0.309 e. The highest BCUT2D eigenvalue weighted by Crippen LogP contribution is 2.42. The maximum Gasteiger partial charge on any atom is 0.235 e. The van der Waals surface area contributed by atoms with Crippen molar-refractivity contribution in [3.8, 4) is 39.8 Å². The topological polar surface area (TPSA) is 40.6 Å². The van der Waals surface area contributed by atoms with E-state index >= 15 is 0 Å². The second kappa shape index (κ2) is 12.4. The van der Waals surface area contributed by atoms with E-state index in [-0.39, 0.29) is 0 Å². The monoisotopic (exact) mass is 727 g/mol. The summed E-state index contributed by atoms with van der Waals surface area (Å²) in [6.07, 6.45) is 0. The molecule has 0 unspecified atom stereocenters. The number of hydrogen-bond acceptors (Lipinski definition) is 2. The Balaban J connectivity index is 1.18. The summed E-state index contributed by atoms with van der Waals surface area (Å²) in [6.45, 7) is 0. The summed E-state index contributed by atoms with van der Waals surface area (Å²) in [6, 6.07) is 71.2. The van der Waals surface area contributed by atoms with Crippen molar-refractivity contribution in [2.24, 2.45) is 0 Å². The average molecular weight is 728 g/mol. The standard InChI is InChI=1S/C52H33N5/c1-4-16-34(17-5-1)44-33-45(35-28-31-49-43(32-35)40-24-12-13-25-46(40)55(49)36-18-6-2-7-19-36)54-52(53-44)57-48-27-15-11-23-39(48)42-30-29-41-38-22-10-14-26-47(38)56(50(41)51(42)57)37-20-8-3-9-21-37/h1-33H. The molecule has 0 saturated carbocycles. The Morgan fingerprint density at radius 3 is 1.33 bits per heavy atom. The van der Waals surface area contributed by atoms with Gasteiger partial charge >= 0.3 is 0 Å². The lowest BCUT2D eigenvalue weighted by Gasteiger charge is -2.14. The smallest absolute Gasteiger partial charge is 0.235 e. The first-order chi connectivity index (χ1) is 28.3. The first-order valence-corrected chi connectivity index (χ1v) is 19.3. The van der Waals surface area contributed by atoms with Crippen molar-refractivity contribution in [3.63, 3.8) is 0 Å². The van der Waals surface area contributed by atoms with Crippen molar-refractivity contribution < 1.29 is 0 Å². The van der Waals surface area contributed by atoms with Crippen LogP contribution in [0.15, 0.2) is 200 Å². The first kappa shape index (κ1) is 31.6. The van der Waals surface area contributed by atoms with E-state index in [0.29, 0.717) is 5.95 Å². The second-order valence-electron chi connectivity index (χ2n) is 14.6. The van der Waals surface area contributed by atoms with E-state index in [0.717, 1.165) is 72.2 Å². The highest BCUT2D eigenvalue weighted by atomic mass is 15.2. The quantitative estimate of drug-likeness (QED) is 0.177. The van der Waals surface area contributed by atoms with Crippen LogP contribution < -0.4 is 0 Å². The van der Waals surface area contributed by atoms with Gasteiger partial charge < -0.3 is 9.13 Å². The minimum atomic E-state index is 0.627. The van der Waals surface area contributed by atoms with Crippen LogP contribution in [0.5, 0.6) is 0 Å². The van der Waals surface area contributed by atoms with Gasteiger partial charge in [0.15, 0.2) is 0 Å². The van der Waals surface area contributed by atoms with Gasteiger partial charge in [0.25, 0.3) is 0 Å². The third kappa shape index (κ3) is 4.76. The zero-order valence-corrected chi connectivity index (χ0v) is 30.8. The third-order valence-electron chi connectivity index (χ3n) is 11.4. The average Bonchev–Trinajstić information content (AvgIpc) is 3.93. The lowest BCUT2D eigenvalue weighted by molar-refractivity contribution is 0.995. The molecule has 0 aliphatic rings. The summed E-state index contributed by atoms with van der Waals surface area (Å²) in [7, 11) is 0. The molecule has 0 bridgehead atoms. The van der Waals surface area contributed by atoms with Gasteiger partial charge in [0, 0.05) is 54.8 Å². The van der Waals surface area contributed by atoms with E-state index in [4.69, 9.17) is 9.97 Å². The number of rotatable bonds is 5. The number of aromatic nitrogens is 5. The molecular weight excluding hydrogens is 695 g/mol. The van der Waals surface area contributed by atoms with Gasteiger partial charge in [0.1, 0.15) is 0 Å². The molecule has 0 amide bonds. The molecule has 5 nitrogen and oxygen atoms in total. The number of nitrogens with zero attached hydrogens (tertiary/aromatic N) is 5. The predicted octanol–water partition coefficient (Wildman–Crippen LogP) is 13.1. The van der Waals surface area contributed by atoms with E-state index in [1.54, 1.807) is 0 Å². The highest BCUT2D eigenvalue weighted by Gasteiger charge is 2.23. The third-order valence-corrected chi connectivity index (χ3v) is 11.4. The summed E-state index contributed by atoms with van der Waals surface area (Å²) < 4.78 is 7.05. The highest BCUT2D eigenvalue weighted by molar-refractivity contribution is 6.23. The molecule has 0 radical (unpaired) electrons. The Labute approximate surface area is 328 Å². The summed E-state index contributed by atoms with van der Waals surface area (Å²) >= 11 is 0. The Kier molecular flexibility index (Phi) is 6.86. The van der Waals surface area contributed by atoms with Gasteiger partial charge in [-0.05, 0) is 60.7 Å². The van der Waals surface area contributed by atoms with Crippen molar-refractivity contribution in [1.29, 1.82) is 0 Å². The van der Waals surface area contributed by atoms with Crippen molar-refractivity contribution in [1.82, 2.24) is 23.7 Å². The zero-order chi connectivity index (χ0) is 37.5. The van der Waals surface area contributed by atoms with E-state index in [1.165, 1.54) is 27.1 Å². The fraction of sp³-hybridized carbons (Fsp3) is 0. The molecule has 0 spiro atoms. The molecule has 0 aliphatic heterocycles. The van der Waals surface area contributed by atoms with Crippen LogP contribution in [0.25, 0.3) is 105 Å². The number of para-hydroxylation sites is 5. The van der Waals surface area contributed by atoms with Crippen molar-refractivity contribution in [3.05, 3.63) is 200 Å². The number of hydrogen-bond donors (Lipinski definition) is 0. The van der Waals surface area contributed by atoms with Crippen LogP contribution in [0.4, 0.5) is 0 Å². The SMILES string of the molecule is c1ccc(-c2cc(-c3ccc4c(c3)c3ccccc3n4-c3ccccc3)nc(-n3c4ccccc4c4ccc5c6ccccc6n(-c6ccccc6)c5c43)n2)cc1. The predicted molar refractivity (Wildman–Crippen MR) is 236 cm³/mol. The van der Waals surface area contributed by atoms with E-state index in [9.17, 15) is 0 Å². The van der Waals surface area contributed by atoms with Gasteiger partial charge in [-0.3, -0.25) is 4.57 Å². The van der Waals surface area contributed by atoms with Gasteiger partial charge in [-0.1, -0.05) is 140 Å². The molecule has 0 N–H and O–H groups in total. The van der Waals surface area contributed by atoms with Crippen molar-refractivity contribution in [2.45, 2.75) is 0 Å². The van der Waals surface area contributed by atoms with Crippen molar-refractivity contribution in [2.75, 3.05) is 0 Å². The zero-order valence-electron chi connectivity index (χ0n) is 30.8. The van der Waals surface area contributed by atoms with E-state index in [1.807, 2.05) is 0 Å². The number of benzene rings is 8. The molecule has 4 heterocycles. The van der Waals surface area contributed by atoms with E-state index < -0.39 is 0 Å². The summed E-state index contributed by atoms with van der Waals surface area (Å²) in [5.41, 5.74) is 12.8. The van der Waals surface area contributed by atoms with Crippen LogP contribution >= 0.6 is 0 Å². The largest absolute Gasteiger partial charge is 0.309 e. The molecule has 12 rings (SSSR count). The Morgan fingerprint density at radius 1 is 0.281 bits per heavy atom. The van der Waals surface area contributed by atoms with Crippen LogP contribution in [-0.4, -0.2) is 23.7 Å². The molecule has 266 valence electrons. The maximum atomic E-state index is 5.52. The van der Waals surface area contributed by atoms with Crippen LogP contribution in [-0.2, 0) is 0 Å². The summed E-state index contributed by atoms with van der Waals surface area (Å²) in [5, 5.41) is 7.09. The molecule has 4 aromatic heterocycles. The molecule has 8 aromatic carbocycles. The first-order valence-electron chi connectivity index (χ1n) is 19.3. The van der Waals surface area contributed by atoms with Crippen LogP contribution in [0.3, 0.4) is 0 Å². The van der Waals surface area contributed by atoms with Crippen LogP contribution in [0.2, 0.25) is 0 Å². The summed E-state index contributed by atoms with van der Waals surface area (Å²) in [5.74, 6) is 0.627. The van der Waals surface area contributed by atoms with E-state index in [2.05, 4.69) is 214 Å². The Hall–Kier alpha value is -7.76.